The number of hydrogen-bond donors (Lipinski definition) is 1. The molecule has 0 atom stereocenters. The van der Waals surface area contributed by atoms with Crippen LogP contribution < -0.4 is 5.73 Å². The summed E-state index contributed by atoms with van der Waals surface area (Å²) in [5.41, 5.74) is 11.4. The van der Waals surface area contributed by atoms with Gasteiger partial charge in [0.1, 0.15) is 17.5 Å². The summed E-state index contributed by atoms with van der Waals surface area (Å²) in [6.45, 7) is 1.92. The quantitative estimate of drug-likeness (QED) is 0.607. The third-order valence-corrected chi connectivity index (χ3v) is 4.20. The maximum atomic E-state index is 9.60. The Bertz CT molecular complexity index is 1110. The van der Waals surface area contributed by atoms with Crippen molar-refractivity contribution < 1.29 is 0 Å². The zero-order valence-corrected chi connectivity index (χ0v) is 13.6. The van der Waals surface area contributed by atoms with Gasteiger partial charge in [-0.25, -0.2) is 4.98 Å². The third-order valence-electron chi connectivity index (χ3n) is 4.20. The number of anilines is 1. The minimum atomic E-state index is 0.302. The first-order valence-corrected chi connectivity index (χ1v) is 7.90. The summed E-state index contributed by atoms with van der Waals surface area (Å²) >= 11 is 0. The average molecular weight is 325 g/mol. The number of aryl methyl sites for hydroxylation is 1. The largest absolute Gasteiger partial charge is 0.382 e. The van der Waals surface area contributed by atoms with E-state index >= 15 is 0 Å². The fourth-order valence-corrected chi connectivity index (χ4v) is 3.03. The van der Waals surface area contributed by atoms with E-state index in [0.717, 1.165) is 22.4 Å². The summed E-state index contributed by atoms with van der Waals surface area (Å²) in [4.78, 5) is 4.77. The van der Waals surface area contributed by atoms with Crippen molar-refractivity contribution in [3.63, 3.8) is 0 Å². The lowest BCUT2D eigenvalue weighted by Gasteiger charge is -2.09. The van der Waals surface area contributed by atoms with Gasteiger partial charge >= 0.3 is 0 Å². The Morgan fingerprint density at radius 3 is 2.16 bits per heavy atom. The van der Waals surface area contributed by atoms with Gasteiger partial charge in [0.15, 0.2) is 5.65 Å². The van der Waals surface area contributed by atoms with Crippen LogP contribution >= 0.6 is 0 Å². The molecule has 0 aliphatic carbocycles. The predicted molar refractivity (Wildman–Crippen MR) is 97.7 cm³/mol. The second-order valence-electron chi connectivity index (χ2n) is 5.76. The summed E-state index contributed by atoms with van der Waals surface area (Å²) in [5, 5.41) is 14.1. The number of rotatable bonds is 2. The molecule has 0 aliphatic rings. The van der Waals surface area contributed by atoms with Crippen molar-refractivity contribution in [1.82, 2.24) is 14.6 Å². The van der Waals surface area contributed by atoms with Gasteiger partial charge in [-0.1, -0.05) is 60.7 Å². The number of nitrogens with two attached hydrogens (primary N) is 1. The van der Waals surface area contributed by atoms with E-state index in [9.17, 15) is 5.26 Å². The number of aromatic nitrogens is 3. The molecule has 4 rings (SSSR count). The molecule has 5 nitrogen and oxygen atoms in total. The molecule has 0 saturated carbocycles. The Balaban J connectivity index is 2.10. The lowest BCUT2D eigenvalue weighted by atomic mass is 10.0. The van der Waals surface area contributed by atoms with Crippen LogP contribution in [-0.2, 0) is 0 Å². The van der Waals surface area contributed by atoms with E-state index < -0.39 is 0 Å². The molecule has 0 bridgehead atoms. The van der Waals surface area contributed by atoms with Crippen molar-refractivity contribution in [2.75, 3.05) is 5.73 Å². The number of fused-ring (bicyclic) bond motifs is 1. The molecule has 0 amide bonds. The summed E-state index contributed by atoms with van der Waals surface area (Å²) in [5.74, 6) is 0.302. The molecule has 2 heterocycles. The molecular formula is C20H15N5. The first-order valence-electron chi connectivity index (χ1n) is 7.90. The van der Waals surface area contributed by atoms with Crippen LogP contribution in [0.5, 0.6) is 0 Å². The first-order chi connectivity index (χ1) is 12.2. The molecule has 0 unspecified atom stereocenters. The Hall–Kier alpha value is -3.65. The predicted octanol–water partition coefficient (Wildman–Crippen LogP) is 3.83. The highest BCUT2D eigenvalue weighted by atomic mass is 15.3. The Morgan fingerprint density at radius 1 is 0.960 bits per heavy atom. The van der Waals surface area contributed by atoms with Crippen molar-refractivity contribution >= 4 is 11.5 Å². The summed E-state index contributed by atoms with van der Waals surface area (Å²) < 4.78 is 1.56. The molecule has 2 N–H and O–H groups in total. The van der Waals surface area contributed by atoms with E-state index in [1.807, 2.05) is 67.6 Å². The van der Waals surface area contributed by atoms with Gasteiger partial charge in [-0.2, -0.15) is 14.9 Å². The number of benzene rings is 2. The number of hydrogen-bond acceptors (Lipinski definition) is 4. The third kappa shape index (κ3) is 2.32. The van der Waals surface area contributed by atoms with Crippen molar-refractivity contribution in [1.29, 1.82) is 5.26 Å². The Labute approximate surface area is 145 Å². The van der Waals surface area contributed by atoms with Gasteiger partial charge in [-0.15, -0.1) is 0 Å². The number of nitriles is 1. The van der Waals surface area contributed by atoms with E-state index in [4.69, 9.17) is 10.7 Å². The molecule has 120 valence electrons. The monoisotopic (exact) mass is 325 g/mol. The van der Waals surface area contributed by atoms with Crippen molar-refractivity contribution in [3.05, 3.63) is 71.9 Å². The zero-order chi connectivity index (χ0) is 17.4. The summed E-state index contributed by atoms with van der Waals surface area (Å²) in [6.07, 6.45) is 0. The molecule has 2 aromatic carbocycles. The minimum absolute atomic E-state index is 0.302. The lowest BCUT2D eigenvalue weighted by molar-refractivity contribution is 0.927. The van der Waals surface area contributed by atoms with Crippen LogP contribution in [0.3, 0.4) is 0 Å². The Kier molecular flexibility index (Phi) is 3.44. The van der Waals surface area contributed by atoms with Crippen molar-refractivity contribution in [3.8, 4) is 28.5 Å². The molecule has 0 spiro atoms. The normalized spacial score (nSPS) is 10.7. The highest BCUT2D eigenvalue weighted by molar-refractivity contribution is 5.84. The zero-order valence-electron chi connectivity index (χ0n) is 13.6. The molecule has 0 fully saturated rings. The van der Waals surface area contributed by atoms with Gasteiger partial charge in [0.25, 0.3) is 0 Å². The van der Waals surface area contributed by atoms with Crippen LogP contribution in [-0.4, -0.2) is 14.6 Å². The van der Waals surface area contributed by atoms with E-state index in [1.165, 1.54) is 0 Å². The molecule has 0 saturated heterocycles. The maximum absolute atomic E-state index is 9.60. The average Bonchev–Trinajstić information content (AvgIpc) is 2.99. The van der Waals surface area contributed by atoms with Gasteiger partial charge in [0.05, 0.1) is 11.4 Å². The van der Waals surface area contributed by atoms with Gasteiger partial charge < -0.3 is 5.73 Å². The van der Waals surface area contributed by atoms with E-state index in [-0.39, 0.29) is 0 Å². The SMILES string of the molecule is Cc1nn2c(N)c(C#N)c(-c3ccccc3)nc2c1-c1ccccc1. The van der Waals surface area contributed by atoms with Crippen LogP contribution in [0.15, 0.2) is 60.7 Å². The maximum Gasteiger partial charge on any atom is 0.166 e. The highest BCUT2D eigenvalue weighted by Gasteiger charge is 2.20. The second-order valence-corrected chi connectivity index (χ2v) is 5.76. The van der Waals surface area contributed by atoms with Crippen LogP contribution in [0.4, 0.5) is 5.82 Å². The lowest BCUT2D eigenvalue weighted by Crippen LogP contribution is -2.06. The molecule has 0 radical (unpaired) electrons. The standard InChI is InChI=1S/C20H15N5/c1-13-17(14-8-4-2-5-9-14)20-23-18(15-10-6-3-7-11-15)16(12-21)19(22)25(20)24-13/h2-11H,22H2,1H3. The molecular weight excluding hydrogens is 310 g/mol. The Morgan fingerprint density at radius 2 is 1.56 bits per heavy atom. The summed E-state index contributed by atoms with van der Waals surface area (Å²) in [7, 11) is 0. The topological polar surface area (TPSA) is 80.0 Å². The molecule has 4 aromatic rings. The smallest absolute Gasteiger partial charge is 0.166 e. The highest BCUT2D eigenvalue weighted by Crippen LogP contribution is 2.32. The fraction of sp³-hybridized carbons (Fsp3) is 0.0500. The summed E-state index contributed by atoms with van der Waals surface area (Å²) in [6, 6.07) is 21.7. The van der Waals surface area contributed by atoms with Crippen LogP contribution in [0.1, 0.15) is 11.3 Å². The van der Waals surface area contributed by atoms with Crippen molar-refractivity contribution in [2.45, 2.75) is 6.92 Å². The molecule has 2 aromatic heterocycles. The molecule has 25 heavy (non-hydrogen) atoms. The molecule has 0 aliphatic heterocycles. The van der Waals surface area contributed by atoms with Gasteiger partial charge in [-0.3, -0.25) is 0 Å². The van der Waals surface area contributed by atoms with Crippen LogP contribution in [0, 0.1) is 18.3 Å². The van der Waals surface area contributed by atoms with Gasteiger partial charge in [0, 0.05) is 11.1 Å². The van der Waals surface area contributed by atoms with E-state index in [0.29, 0.717) is 22.7 Å². The van der Waals surface area contributed by atoms with Crippen LogP contribution in [0.25, 0.3) is 28.0 Å². The van der Waals surface area contributed by atoms with Crippen LogP contribution in [0.2, 0.25) is 0 Å². The fourth-order valence-electron chi connectivity index (χ4n) is 3.03. The number of nitrogens with zero attached hydrogens (tertiary/aromatic N) is 4. The molecule has 5 heteroatoms. The number of nitrogen functional groups attached to an aromatic ring is 1. The first kappa shape index (κ1) is 14.9. The minimum Gasteiger partial charge on any atom is -0.382 e. The van der Waals surface area contributed by atoms with Gasteiger partial charge in [-0.05, 0) is 12.5 Å². The van der Waals surface area contributed by atoms with E-state index in [1.54, 1.807) is 4.52 Å². The van der Waals surface area contributed by atoms with E-state index in [2.05, 4.69) is 11.2 Å². The second kappa shape index (κ2) is 5.77. The van der Waals surface area contributed by atoms with Crippen molar-refractivity contribution in [2.24, 2.45) is 0 Å². The van der Waals surface area contributed by atoms with Gasteiger partial charge in [0.2, 0.25) is 0 Å².